The van der Waals surface area contributed by atoms with E-state index >= 15 is 0 Å². The number of nitrogens with zero attached hydrogens (tertiary/aromatic N) is 1. The van der Waals surface area contributed by atoms with Gasteiger partial charge in [0.1, 0.15) is 24.2 Å². The lowest BCUT2D eigenvalue weighted by atomic mass is 9.94. The Morgan fingerprint density at radius 3 is 2.24 bits per heavy atom. The summed E-state index contributed by atoms with van der Waals surface area (Å²) in [7, 11) is 2.89. The largest absolute Gasteiger partial charge is 0.496 e. The Labute approximate surface area is 342 Å². The van der Waals surface area contributed by atoms with Crippen molar-refractivity contribution in [3.63, 3.8) is 0 Å². The van der Waals surface area contributed by atoms with Crippen LogP contribution in [0.3, 0.4) is 0 Å². The van der Waals surface area contributed by atoms with Gasteiger partial charge in [-0.2, -0.15) is 13.2 Å². The minimum Gasteiger partial charge on any atom is -0.496 e. The average Bonchev–Trinajstić information content (AvgIpc) is 3.60. The maximum Gasteiger partial charge on any atom is 0.419 e. The summed E-state index contributed by atoms with van der Waals surface area (Å²) < 4.78 is 74.0. The number of alkyl halides is 3. The molecular weight excluding hydrogens is 772 g/mol. The molecule has 2 unspecified atom stereocenters. The highest BCUT2D eigenvalue weighted by Crippen LogP contribution is 2.39. The van der Waals surface area contributed by atoms with Crippen molar-refractivity contribution in [3.8, 4) is 16.9 Å². The Balaban J connectivity index is 0.000000259. The lowest BCUT2D eigenvalue weighted by Crippen LogP contribution is -2.41. The van der Waals surface area contributed by atoms with Crippen molar-refractivity contribution in [2.75, 3.05) is 58.9 Å². The molecule has 14 heteroatoms. The van der Waals surface area contributed by atoms with Crippen LogP contribution in [-0.4, -0.2) is 77.1 Å². The number of allylic oxidation sites excluding steroid dienone is 1. The van der Waals surface area contributed by atoms with Crippen LogP contribution in [-0.2, 0) is 15.7 Å². The van der Waals surface area contributed by atoms with Gasteiger partial charge in [-0.15, -0.1) is 0 Å². The van der Waals surface area contributed by atoms with Crippen LogP contribution in [0.2, 0.25) is 0 Å². The molecule has 0 aromatic heterocycles. The predicted octanol–water partition coefficient (Wildman–Crippen LogP) is 8.89. The molecule has 1 saturated carbocycles. The van der Waals surface area contributed by atoms with E-state index in [1.807, 2.05) is 6.79 Å². The quantitative estimate of drug-likeness (QED) is 0.137. The molecule has 1 saturated heterocycles. The van der Waals surface area contributed by atoms with Crippen molar-refractivity contribution in [1.29, 1.82) is 0 Å². The monoisotopic (exact) mass is 824 g/mol. The first-order valence-corrected chi connectivity index (χ1v) is 19.2. The van der Waals surface area contributed by atoms with E-state index in [9.17, 15) is 31.5 Å². The van der Waals surface area contributed by atoms with Crippen LogP contribution in [0.1, 0.15) is 65.0 Å². The summed E-state index contributed by atoms with van der Waals surface area (Å²) in [5, 5.41) is 5.31. The van der Waals surface area contributed by atoms with E-state index in [0.717, 1.165) is 43.6 Å². The number of methoxy groups -OCH3 is 1. The predicted molar refractivity (Wildman–Crippen MR) is 221 cm³/mol. The number of carbonyl (C=O) groups is 3. The maximum absolute atomic E-state index is 14.7. The van der Waals surface area contributed by atoms with E-state index in [2.05, 4.69) is 65.8 Å². The number of primary amides is 1. The number of hydrogen-bond acceptors (Lipinski definition) is 7. The summed E-state index contributed by atoms with van der Waals surface area (Å²) in [4.78, 5) is 34.1. The molecule has 2 atom stereocenters. The van der Waals surface area contributed by atoms with Gasteiger partial charge in [-0.1, -0.05) is 68.0 Å². The number of carbonyl (C=O) groups excluding carboxylic acids is 3. The second-order valence-electron chi connectivity index (χ2n) is 13.8. The van der Waals surface area contributed by atoms with Crippen molar-refractivity contribution >= 4 is 30.4 Å². The summed E-state index contributed by atoms with van der Waals surface area (Å²) in [6, 6.07) is 22.4. The fraction of sp³-hybridized carbons (Fsp3) is 0.356. The van der Waals surface area contributed by atoms with Crippen molar-refractivity contribution in [1.82, 2.24) is 10.2 Å². The van der Waals surface area contributed by atoms with Gasteiger partial charge in [0.05, 0.1) is 31.5 Å². The zero-order valence-corrected chi connectivity index (χ0v) is 33.8. The summed E-state index contributed by atoms with van der Waals surface area (Å²) in [6.07, 6.45) is 1.82. The van der Waals surface area contributed by atoms with Crippen molar-refractivity contribution in [2.45, 2.75) is 39.3 Å². The van der Waals surface area contributed by atoms with E-state index in [0.29, 0.717) is 31.1 Å². The van der Waals surface area contributed by atoms with Crippen molar-refractivity contribution < 1.29 is 45.8 Å². The molecule has 2 aliphatic rings. The highest BCUT2D eigenvalue weighted by molar-refractivity contribution is 5.97. The van der Waals surface area contributed by atoms with Gasteiger partial charge in [-0.25, -0.2) is 8.78 Å². The molecule has 1 aliphatic heterocycles. The Kier molecular flexibility index (Phi) is 19.2. The first kappa shape index (κ1) is 47.8. The number of halogens is 5. The van der Waals surface area contributed by atoms with Gasteiger partial charge in [-0.05, 0) is 84.7 Å². The van der Waals surface area contributed by atoms with Crippen LogP contribution in [0, 0.1) is 23.5 Å². The fourth-order valence-electron chi connectivity index (χ4n) is 6.74. The highest BCUT2D eigenvalue weighted by atomic mass is 19.4. The Hall–Kier alpha value is -5.60. The molecule has 0 bridgehead atoms. The topological polar surface area (TPSA) is 123 Å². The summed E-state index contributed by atoms with van der Waals surface area (Å²) >= 11 is 0. The molecule has 1 aliphatic carbocycles. The summed E-state index contributed by atoms with van der Waals surface area (Å²) in [6.45, 7) is 10.9. The zero-order valence-electron chi connectivity index (χ0n) is 33.8. The molecule has 6 rings (SSSR count). The fourth-order valence-corrected chi connectivity index (χ4v) is 6.74. The molecule has 4 aromatic rings. The van der Waals surface area contributed by atoms with Crippen LogP contribution in [0.5, 0.6) is 5.75 Å². The van der Waals surface area contributed by atoms with Crippen LogP contribution in [0.25, 0.3) is 17.2 Å². The zero-order chi connectivity index (χ0) is 43.5. The van der Waals surface area contributed by atoms with E-state index < -0.39 is 29.3 Å². The standard InChI is InChI=1S/C21H24FN3O4.C15H20.C8H7F4N.CH2O/c1-28-19-5-3-14(12-17(19)20(23)26)16-4-2-15(13-18(16)22)21(27)24-6-7-25-8-10-29-11-9-25;1-3-14-10-9-12(2)15(14)11-13-7-5-4-6-8-13;1-13-5-2-3-7(9)6(4-5)8(10,11)12;1-2/h2-5,12-13H,6-11H2,1H3,(H2,23,26)(H,24,27);4-8,11-12,14H,3,9-10H2,1-2H3;2-4,13H,1H3;1H2/b;15-11-;;. The Bertz CT molecular complexity index is 1990. The first-order chi connectivity index (χ1) is 28.2. The third-order valence-electron chi connectivity index (χ3n) is 10.00. The van der Waals surface area contributed by atoms with Gasteiger partial charge in [0.15, 0.2) is 0 Å². The van der Waals surface area contributed by atoms with Crippen molar-refractivity contribution in [3.05, 3.63) is 124 Å². The normalized spacial score (nSPS) is 16.9. The molecule has 0 spiro atoms. The van der Waals surface area contributed by atoms with Crippen LogP contribution < -0.4 is 21.1 Å². The number of ether oxygens (including phenoxy) is 2. The minimum atomic E-state index is -4.64. The van der Waals surface area contributed by atoms with E-state index in [4.69, 9.17) is 20.0 Å². The molecule has 4 aromatic carbocycles. The third-order valence-corrected chi connectivity index (χ3v) is 10.00. The van der Waals surface area contributed by atoms with Gasteiger partial charge >= 0.3 is 6.18 Å². The number of benzene rings is 4. The van der Waals surface area contributed by atoms with Gasteiger partial charge in [0.25, 0.3) is 11.8 Å². The number of amides is 2. The third kappa shape index (κ3) is 14.3. The number of hydrogen-bond donors (Lipinski definition) is 3. The van der Waals surface area contributed by atoms with Crippen LogP contribution in [0.15, 0.2) is 90.5 Å². The molecular formula is C45H53F5N4O5. The number of nitrogens with one attached hydrogen (secondary N) is 2. The van der Waals surface area contributed by atoms with Gasteiger partial charge in [-0.3, -0.25) is 14.5 Å². The summed E-state index contributed by atoms with van der Waals surface area (Å²) in [5.41, 5.74) is 8.50. The second-order valence-corrected chi connectivity index (χ2v) is 13.8. The molecule has 318 valence electrons. The van der Waals surface area contributed by atoms with Gasteiger partial charge in [0.2, 0.25) is 0 Å². The maximum atomic E-state index is 14.7. The molecule has 9 nitrogen and oxygen atoms in total. The van der Waals surface area contributed by atoms with Gasteiger partial charge in [0, 0.05) is 50.0 Å². The average molecular weight is 825 g/mol. The highest BCUT2D eigenvalue weighted by Gasteiger charge is 2.34. The number of anilines is 1. The van der Waals surface area contributed by atoms with Crippen LogP contribution >= 0.6 is 0 Å². The van der Waals surface area contributed by atoms with E-state index in [-0.39, 0.29) is 28.3 Å². The minimum absolute atomic E-state index is 0.161. The lowest BCUT2D eigenvalue weighted by molar-refractivity contribution is -0.139. The van der Waals surface area contributed by atoms with Crippen LogP contribution in [0.4, 0.5) is 27.6 Å². The summed E-state index contributed by atoms with van der Waals surface area (Å²) in [5.74, 6) is -0.886. The number of rotatable bonds is 10. The van der Waals surface area contributed by atoms with Gasteiger partial charge < -0.3 is 30.6 Å². The molecule has 2 amide bonds. The van der Waals surface area contributed by atoms with Crippen molar-refractivity contribution in [2.24, 2.45) is 17.6 Å². The SMILES string of the molecule is C=O.CCC1CCC(C)/C1=C/c1ccccc1.CNc1ccc(F)c(C(F)(F)F)c1.COc1ccc(-c2ccc(C(=O)NCCN3CCOCC3)cc2F)cc1C(N)=O. The molecule has 0 radical (unpaired) electrons. The lowest BCUT2D eigenvalue weighted by Gasteiger charge is -2.26. The van der Waals surface area contributed by atoms with E-state index in [1.165, 1.54) is 63.2 Å². The Morgan fingerprint density at radius 1 is 0.949 bits per heavy atom. The molecule has 2 fully saturated rings. The number of morpholine rings is 1. The number of nitrogens with two attached hydrogens (primary N) is 1. The smallest absolute Gasteiger partial charge is 0.419 e. The first-order valence-electron chi connectivity index (χ1n) is 19.2. The van der Waals surface area contributed by atoms with E-state index in [1.54, 1.807) is 23.8 Å². The molecule has 59 heavy (non-hydrogen) atoms. The molecule has 4 N–H and O–H groups in total. The second kappa shape index (κ2) is 23.7. The Morgan fingerprint density at radius 2 is 1.64 bits per heavy atom. The molecule has 1 heterocycles.